The monoisotopic (exact) mass is 504 g/mol. The second-order valence-corrected chi connectivity index (χ2v) is 9.18. The lowest BCUT2D eigenvalue weighted by atomic mass is 10.2. The summed E-state index contributed by atoms with van der Waals surface area (Å²) in [6, 6.07) is 7.77. The Balaban J connectivity index is 1.35. The van der Waals surface area contributed by atoms with Gasteiger partial charge in [-0.25, -0.2) is 24.3 Å². The number of imidazole rings is 1. The van der Waals surface area contributed by atoms with Crippen molar-refractivity contribution in [1.29, 1.82) is 0 Å². The second kappa shape index (κ2) is 10.6. The van der Waals surface area contributed by atoms with Crippen LogP contribution in [0.15, 0.2) is 43.0 Å². The maximum atomic E-state index is 12.6. The van der Waals surface area contributed by atoms with Crippen molar-refractivity contribution in [2.75, 3.05) is 44.9 Å². The van der Waals surface area contributed by atoms with Gasteiger partial charge < -0.3 is 14.2 Å². The molecule has 37 heavy (non-hydrogen) atoms. The molecule has 5 heterocycles. The zero-order valence-electron chi connectivity index (χ0n) is 21.1. The first-order valence-electron chi connectivity index (χ1n) is 12.2. The van der Waals surface area contributed by atoms with Crippen molar-refractivity contribution >= 4 is 22.6 Å². The normalized spacial score (nSPS) is 14.6. The summed E-state index contributed by atoms with van der Waals surface area (Å²) in [7, 11) is 1.58. The van der Waals surface area contributed by atoms with E-state index in [4.69, 9.17) is 9.72 Å². The number of anilines is 1. The number of alkyl halides is 1. The summed E-state index contributed by atoms with van der Waals surface area (Å²) in [6.07, 6.45) is 5.62. The predicted molar refractivity (Wildman–Crippen MR) is 137 cm³/mol. The molecule has 0 bridgehead atoms. The van der Waals surface area contributed by atoms with E-state index >= 15 is 0 Å². The number of pyridine rings is 2. The molecule has 0 aromatic carbocycles. The molecular weight excluding hydrogens is 475 g/mol. The van der Waals surface area contributed by atoms with E-state index in [9.17, 15) is 9.18 Å². The maximum absolute atomic E-state index is 12.6. The van der Waals surface area contributed by atoms with E-state index in [1.54, 1.807) is 30.7 Å². The molecule has 1 aliphatic heterocycles. The zero-order chi connectivity index (χ0) is 25.9. The minimum absolute atomic E-state index is 0.0519. The lowest BCUT2D eigenvalue weighted by molar-refractivity contribution is -0.121. The number of carbonyl (C=O) groups is 1. The van der Waals surface area contributed by atoms with E-state index in [0.717, 1.165) is 16.9 Å². The average Bonchev–Trinajstić information content (AvgIpc) is 3.34. The van der Waals surface area contributed by atoms with Crippen molar-refractivity contribution < 1.29 is 13.9 Å². The average molecular weight is 505 g/mol. The topological polar surface area (TPSA) is 102 Å². The van der Waals surface area contributed by atoms with Crippen molar-refractivity contribution in [3.63, 3.8) is 0 Å². The summed E-state index contributed by atoms with van der Waals surface area (Å²) in [5.41, 5.74) is 4.49. The fourth-order valence-corrected chi connectivity index (χ4v) is 4.46. The van der Waals surface area contributed by atoms with E-state index in [-0.39, 0.29) is 25.0 Å². The molecule has 10 nitrogen and oxygen atoms in total. The maximum Gasteiger partial charge on any atom is 0.242 e. The molecule has 0 radical (unpaired) electrons. The molecular formula is C26H29FN8O2. The first-order valence-corrected chi connectivity index (χ1v) is 12.2. The molecule has 1 fully saturated rings. The largest absolute Gasteiger partial charge is 0.479 e. The van der Waals surface area contributed by atoms with Gasteiger partial charge in [0.05, 0.1) is 55.2 Å². The molecule has 0 saturated carbocycles. The van der Waals surface area contributed by atoms with Crippen LogP contribution in [-0.2, 0) is 11.2 Å². The lowest BCUT2D eigenvalue weighted by Crippen LogP contribution is -2.51. The van der Waals surface area contributed by atoms with Crippen LogP contribution in [0, 0.1) is 0 Å². The third-order valence-corrected chi connectivity index (χ3v) is 6.41. The van der Waals surface area contributed by atoms with E-state index in [2.05, 4.69) is 38.4 Å². The number of methoxy groups -OCH3 is 1. The molecule has 0 spiro atoms. The second-order valence-electron chi connectivity index (χ2n) is 9.18. The van der Waals surface area contributed by atoms with Crippen LogP contribution in [0.4, 0.5) is 10.1 Å². The van der Waals surface area contributed by atoms with E-state index in [0.29, 0.717) is 48.1 Å². The number of halogens is 1. The van der Waals surface area contributed by atoms with Crippen LogP contribution >= 0.6 is 0 Å². The molecule has 0 unspecified atom stereocenters. The van der Waals surface area contributed by atoms with Gasteiger partial charge in [0.15, 0.2) is 5.52 Å². The van der Waals surface area contributed by atoms with Crippen molar-refractivity contribution in [1.82, 2.24) is 34.4 Å². The summed E-state index contributed by atoms with van der Waals surface area (Å²) in [4.78, 5) is 38.8. The van der Waals surface area contributed by atoms with Gasteiger partial charge in [-0.3, -0.25) is 14.7 Å². The predicted octanol–water partition coefficient (Wildman–Crippen LogP) is 3.08. The molecule has 4 aromatic rings. The minimum Gasteiger partial charge on any atom is -0.479 e. The van der Waals surface area contributed by atoms with Gasteiger partial charge in [-0.1, -0.05) is 0 Å². The lowest BCUT2D eigenvalue weighted by Gasteiger charge is -2.33. The number of aromatic nitrogens is 6. The van der Waals surface area contributed by atoms with Gasteiger partial charge in [0.2, 0.25) is 11.8 Å². The van der Waals surface area contributed by atoms with Crippen molar-refractivity contribution in [3.8, 4) is 17.3 Å². The molecule has 0 atom stereocenters. The number of fused-ring (bicyclic) bond motifs is 1. The molecule has 192 valence electrons. The Bertz CT molecular complexity index is 1410. The van der Waals surface area contributed by atoms with Gasteiger partial charge in [-0.05, 0) is 38.1 Å². The van der Waals surface area contributed by atoms with Crippen molar-refractivity contribution in [2.45, 2.75) is 26.3 Å². The zero-order valence-corrected chi connectivity index (χ0v) is 21.1. The number of nitrogens with zero attached hydrogens (tertiary/aromatic N) is 8. The van der Waals surface area contributed by atoms with Crippen LogP contribution in [-0.4, -0.2) is 80.3 Å². The smallest absolute Gasteiger partial charge is 0.242 e. The highest BCUT2D eigenvalue weighted by molar-refractivity contribution is 5.95. The molecule has 5 rings (SSSR count). The fourth-order valence-electron chi connectivity index (χ4n) is 4.46. The molecule has 11 heteroatoms. The van der Waals surface area contributed by atoms with E-state index in [1.807, 2.05) is 29.2 Å². The number of rotatable bonds is 8. The van der Waals surface area contributed by atoms with E-state index < -0.39 is 6.67 Å². The summed E-state index contributed by atoms with van der Waals surface area (Å²) in [5.74, 6) is 1.00. The Kier molecular flexibility index (Phi) is 7.04. The van der Waals surface area contributed by atoms with Crippen LogP contribution in [0.1, 0.15) is 31.4 Å². The molecule has 1 aliphatic rings. The van der Waals surface area contributed by atoms with Crippen LogP contribution in [0.5, 0.6) is 5.88 Å². The number of hydrogen-bond acceptors (Lipinski definition) is 8. The van der Waals surface area contributed by atoms with Gasteiger partial charge in [0.1, 0.15) is 12.5 Å². The van der Waals surface area contributed by atoms with Gasteiger partial charge in [0.25, 0.3) is 0 Å². The standard InChI is InChI=1S/C26H29FN8O2/c1-17(2)35-16-30-25-22(35)13-21(32-26(25)37-3)20-6-8-28-23(31-20)12-18-4-5-19(14-29-18)34-11-10-33(9-7-27)15-24(34)36/h4-6,8,13-14,16-17H,7,9-12,15H2,1-3H3. The fraction of sp³-hybridized carbons (Fsp3) is 0.385. The summed E-state index contributed by atoms with van der Waals surface area (Å²) in [6.45, 7) is 5.40. The summed E-state index contributed by atoms with van der Waals surface area (Å²) < 4.78 is 20.2. The van der Waals surface area contributed by atoms with Crippen LogP contribution in [0.2, 0.25) is 0 Å². The van der Waals surface area contributed by atoms with Gasteiger partial charge >= 0.3 is 0 Å². The number of amides is 1. The quantitative estimate of drug-likeness (QED) is 0.361. The molecule has 0 N–H and O–H groups in total. The number of ether oxygens (including phenoxy) is 1. The molecule has 1 amide bonds. The van der Waals surface area contributed by atoms with Crippen LogP contribution in [0.25, 0.3) is 22.4 Å². The Morgan fingerprint density at radius 2 is 1.95 bits per heavy atom. The highest BCUT2D eigenvalue weighted by atomic mass is 19.1. The van der Waals surface area contributed by atoms with Crippen molar-refractivity contribution in [3.05, 3.63) is 54.5 Å². The Morgan fingerprint density at radius 3 is 2.65 bits per heavy atom. The molecule has 1 saturated heterocycles. The Hall–Kier alpha value is -3.99. The van der Waals surface area contributed by atoms with Gasteiger partial charge in [-0.2, -0.15) is 0 Å². The van der Waals surface area contributed by atoms with Gasteiger partial charge in [0, 0.05) is 37.6 Å². The number of carbonyl (C=O) groups excluding carboxylic acids is 1. The first-order chi connectivity index (χ1) is 18.0. The number of piperazine rings is 1. The summed E-state index contributed by atoms with van der Waals surface area (Å²) in [5, 5.41) is 0. The van der Waals surface area contributed by atoms with Gasteiger partial charge in [-0.15, -0.1) is 0 Å². The first kappa shape index (κ1) is 24.7. The Morgan fingerprint density at radius 1 is 1.08 bits per heavy atom. The molecule has 4 aromatic heterocycles. The SMILES string of the molecule is COc1nc(-c2ccnc(Cc3ccc(N4CCN(CCF)CC4=O)cn3)n2)cc2c1ncn2C(C)C. The third kappa shape index (κ3) is 5.12. The highest BCUT2D eigenvalue weighted by Crippen LogP contribution is 2.29. The number of hydrogen-bond donors (Lipinski definition) is 0. The minimum atomic E-state index is -0.451. The van der Waals surface area contributed by atoms with Crippen LogP contribution < -0.4 is 9.64 Å². The summed E-state index contributed by atoms with van der Waals surface area (Å²) >= 11 is 0. The van der Waals surface area contributed by atoms with Crippen molar-refractivity contribution in [2.24, 2.45) is 0 Å². The molecule has 0 aliphatic carbocycles. The Labute approximate surface area is 214 Å². The third-order valence-electron chi connectivity index (χ3n) is 6.41. The van der Waals surface area contributed by atoms with E-state index in [1.165, 1.54) is 0 Å². The highest BCUT2D eigenvalue weighted by Gasteiger charge is 2.25. The van der Waals surface area contributed by atoms with Crippen LogP contribution in [0.3, 0.4) is 0 Å².